The van der Waals surface area contributed by atoms with Gasteiger partial charge in [0.15, 0.2) is 15.2 Å². The molecule has 0 saturated carbocycles. The van der Waals surface area contributed by atoms with E-state index in [2.05, 4.69) is 15.0 Å². The van der Waals surface area contributed by atoms with Crippen molar-refractivity contribution in [2.45, 2.75) is 25.7 Å². The molecule has 1 N–H and O–H groups in total. The van der Waals surface area contributed by atoms with Gasteiger partial charge in [-0.2, -0.15) is 0 Å². The molecule has 0 aromatic carbocycles. The number of amides is 1. The molecule has 0 atom stereocenters. The number of thiazole rings is 1. The number of nitrogens with one attached hydrogen (secondary N) is 1. The minimum Gasteiger partial charge on any atom is -0.465 e. The van der Waals surface area contributed by atoms with Crippen LogP contribution < -0.4 is 5.32 Å². The van der Waals surface area contributed by atoms with Crippen molar-refractivity contribution in [2.24, 2.45) is 0 Å². The highest BCUT2D eigenvalue weighted by Crippen LogP contribution is 2.27. The van der Waals surface area contributed by atoms with Crippen molar-refractivity contribution in [1.29, 1.82) is 0 Å². The third kappa shape index (κ3) is 4.31. The van der Waals surface area contributed by atoms with Crippen LogP contribution in [-0.2, 0) is 9.53 Å². The van der Waals surface area contributed by atoms with Crippen LogP contribution in [0.15, 0.2) is 0 Å². The van der Waals surface area contributed by atoms with Gasteiger partial charge < -0.3 is 15.0 Å². The highest BCUT2D eigenvalue weighted by atomic mass is 35.5. The van der Waals surface area contributed by atoms with E-state index in [0.29, 0.717) is 18.1 Å². The Morgan fingerprint density at radius 3 is 2.76 bits per heavy atom. The number of esters is 1. The second-order valence-electron chi connectivity index (χ2n) is 4.75. The number of piperidine rings is 1. The summed E-state index contributed by atoms with van der Waals surface area (Å²) in [7, 11) is 1.29. The predicted octanol–water partition coefficient (Wildman–Crippen LogP) is 2.40. The molecule has 1 aromatic heterocycles. The van der Waals surface area contributed by atoms with Crippen molar-refractivity contribution < 1.29 is 14.3 Å². The summed E-state index contributed by atoms with van der Waals surface area (Å²) in [5.41, 5.74) is 0. The molecule has 116 valence electrons. The quantitative estimate of drug-likeness (QED) is 0.839. The van der Waals surface area contributed by atoms with Crippen LogP contribution in [0.25, 0.3) is 0 Å². The number of ether oxygens (including phenoxy) is 1. The number of carbonyl (C=O) groups is 2. The summed E-state index contributed by atoms with van der Waals surface area (Å²) in [5.74, 6) is -0.354. The van der Waals surface area contributed by atoms with Gasteiger partial charge in [0, 0.05) is 26.1 Å². The van der Waals surface area contributed by atoms with E-state index in [9.17, 15) is 9.59 Å². The molecule has 0 spiro atoms. The van der Waals surface area contributed by atoms with Crippen molar-refractivity contribution in [3.63, 3.8) is 0 Å². The van der Waals surface area contributed by atoms with Crippen LogP contribution in [0, 0.1) is 0 Å². The minimum atomic E-state index is -0.505. The maximum absolute atomic E-state index is 12.0. The van der Waals surface area contributed by atoms with E-state index in [-0.39, 0.29) is 15.9 Å². The standard InChI is InChI=1S/C13H18ClN3O3S/c1-20-12(19)10-11(14)16-13(21-10)15-6-5-9(18)17-7-3-2-4-8-17/h2-8H2,1H3,(H,15,16). The Hall–Kier alpha value is -1.34. The first kappa shape index (κ1) is 16.0. The number of likely N-dealkylation sites (tertiary alicyclic amines) is 1. The van der Waals surface area contributed by atoms with Crippen LogP contribution in [0.2, 0.25) is 5.15 Å². The molecule has 1 aliphatic heterocycles. The molecule has 2 heterocycles. The first-order valence-electron chi connectivity index (χ1n) is 6.88. The summed E-state index contributed by atoms with van der Waals surface area (Å²) >= 11 is 6.99. The summed E-state index contributed by atoms with van der Waals surface area (Å²) in [6.45, 7) is 2.18. The Kier molecular flexibility index (Phi) is 5.81. The first-order chi connectivity index (χ1) is 10.1. The van der Waals surface area contributed by atoms with Crippen LogP contribution in [0.5, 0.6) is 0 Å². The van der Waals surface area contributed by atoms with E-state index in [4.69, 9.17) is 11.6 Å². The van der Waals surface area contributed by atoms with Gasteiger partial charge in [0.1, 0.15) is 0 Å². The van der Waals surface area contributed by atoms with Gasteiger partial charge in [0.25, 0.3) is 0 Å². The molecule has 1 aliphatic rings. The summed E-state index contributed by atoms with van der Waals surface area (Å²) in [4.78, 5) is 29.6. The van der Waals surface area contributed by atoms with Gasteiger partial charge in [-0.3, -0.25) is 4.79 Å². The van der Waals surface area contributed by atoms with Gasteiger partial charge in [-0.05, 0) is 19.3 Å². The molecule has 1 fully saturated rings. The zero-order valence-corrected chi connectivity index (χ0v) is 13.4. The van der Waals surface area contributed by atoms with Gasteiger partial charge in [-0.25, -0.2) is 9.78 Å². The van der Waals surface area contributed by atoms with Gasteiger partial charge in [0.2, 0.25) is 5.91 Å². The Balaban J connectivity index is 1.80. The Bertz CT molecular complexity index is 515. The van der Waals surface area contributed by atoms with E-state index in [1.807, 2.05) is 4.90 Å². The largest absolute Gasteiger partial charge is 0.465 e. The molecule has 0 aliphatic carbocycles. The van der Waals surface area contributed by atoms with Gasteiger partial charge >= 0.3 is 5.97 Å². The van der Waals surface area contributed by atoms with Crippen molar-refractivity contribution in [3.05, 3.63) is 10.0 Å². The third-order valence-electron chi connectivity index (χ3n) is 3.28. The number of hydrogen-bond donors (Lipinski definition) is 1. The average Bonchev–Trinajstić information content (AvgIpc) is 2.88. The molecular formula is C13H18ClN3O3S. The van der Waals surface area contributed by atoms with Crippen LogP contribution in [0.3, 0.4) is 0 Å². The van der Waals surface area contributed by atoms with Crippen molar-refractivity contribution in [2.75, 3.05) is 32.1 Å². The summed E-state index contributed by atoms with van der Waals surface area (Å²) < 4.78 is 4.61. The number of nitrogens with zero attached hydrogens (tertiary/aromatic N) is 2. The summed E-state index contributed by atoms with van der Waals surface area (Å²) in [5, 5.41) is 3.66. The fourth-order valence-electron chi connectivity index (χ4n) is 2.17. The molecule has 0 radical (unpaired) electrons. The molecule has 1 aromatic rings. The fraction of sp³-hybridized carbons (Fsp3) is 0.615. The fourth-order valence-corrected chi connectivity index (χ4v) is 3.30. The lowest BCUT2D eigenvalue weighted by Gasteiger charge is -2.26. The van der Waals surface area contributed by atoms with E-state index < -0.39 is 5.97 Å². The molecular weight excluding hydrogens is 314 g/mol. The molecule has 0 bridgehead atoms. The zero-order chi connectivity index (χ0) is 15.2. The summed E-state index contributed by atoms with van der Waals surface area (Å²) in [6.07, 6.45) is 3.79. The Morgan fingerprint density at radius 1 is 1.38 bits per heavy atom. The number of hydrogen-bond acceptors (Lipinski definition) is 6. The number of carbonyl (C=O) groups excluding carboxylic acids is 2. The Morgan fingerprint density at radius 2 is 2.10 bits per heavy atom. The number of aromatic nitrogens is 1. The van der Waals surface area contributed by atoms with Crippen LogP contribution in [0.1, 0.15) is 35.4 Å². The number of anilines is 1. The van der Waals surface area contributed by atoms with Crippen molar-refractivity contribution in [1.82, 2.24) is 9.88 Å². The average molecular weight is 332 g/mol. The molecule has 8 heteroatoms. The van der Waals surface area contributed by atoms with Crippen LogP contribution in [-0.4, -0.2) is 48.5 Å². The van der Waals surface area contributed by atoms with E-state index >= 15 is 0 Å². The van der Waals surface area contributed by atoms with Crippen molar-refractivity contribution >= 4 is 39.9 Å². The first-order valence-corrected chi connectivity index (χ1v) is 8.07. The molecule has 6 nitrogen and oxygen atoms in total. The second kappa shape index (κ2) is 7.61. The molecule has 2 rings (SSSR count). The lowest BCUT2D eigenvalue weighted by atomic mass is 10.1. The SMILES string of the molecule is COC(=O)c1sc(NCCC(=O)N2CCCCC2)nc1Cl. The number of halogens is 1. The maximum Gasteiger partial charge on any atom is 0.351 e. The van der Waals surface area contributed by atoms with Gasteiger partial charge in [-0.1, -0.05) is 22.9 Å². The third-order valence-corrected chi connectivity index (χ3v) is 4.66. The maximum atomic E-state index is 12.0. The normalized spacial score (nSPS) is 14.9. The minimum absolute atomic E-state index is 0.122. The number of rotatable bonds is 5. The van der Waals surface area contributed by atoms with Gasteiger partial charge in [-0.15, -0.1) is 0 Å². The molecule has 0 unspecified atom stereocenters. The van der Waals surface area contributed by atoms with Gasteiger partial charge in [0.05, 0.1) is 7.11 Å². The molecule has 1 saturated heterocycles. The predicted molar refractivity (Wildman–Crippen MR) is 82.0 cm³/mol. The smallest absolute Gasteiger partial charge is 0.351 e. The zero-order valence-electron chi connectivity index (χ0n) is 11.9. The topological polar surface area (TPSA) is 71.5 Å². The van der Waals surface area contributed by atoms with Crippen LogP contribution >= 0.6 is 22.9 Å². The Labute approximate surface area is 132 Å². The van der Waals surface area contributed by atoms with E-state index in [1.54, 1.807) is 0 Å². The second-order valence-corrected chi connectivity index (χ2v) is 6.11. The summed E-state index contributed by atoms with van der Waals surface area (Å²) in [6, 6.07) is 0. The van der Waals surface area contributed by atoms with E-state index in [0.717, 1.165) is 37.3 Å². The van der Waals surface area contributed by atoms with Crippen molar-refractivity contribution in [3.8, 4) is 0 Å². The highest BCUT2D eigenvalue weighted by molar-refractivity contribution is 7.18. The molecule has 1 amide bonds. The van der Waals surface area contributed by atoms with E-state index in [1.165, 1.54) is 13.5 Å². The highest BCUT2D eigenvalue weighted by Gasteiger charge is 2.18. The number of methoxy groups -OCH3 is 1. The van der Waals surface area contributed by atoms with Crippen LogP contribution in [0.4, 0.5) is 5.13 Å². The lowest BCUT2D eigenvalue weighted by Crippen LogP contribution is -2.36. The molecule has 21 heavy (non-hydrogen) atoms. The lowest BCUT2D eigenvalue weighted by molar-refractivity contribution is -0.131. The monoisotopic (exact) mass is 331 g/mol.